The van der Waals surface area contributed by atoms with Gasteiger partial charge in [0.05, 0.1) is 12.7 Å². The summed E-state index contributed by atoms with van der Waals surface area (Å²) in [6.45, 7) is 6.73. The van der Waals surface area contributed by atoms with Gasteiger partial charge in [0.1, 0.15) is 5.82 Å². The fourth-order valence-electron chi connectivity index (χ4n) is 1.95. The summed E-state index contributed by atoms with van der Waals surface area (Å²) >= 11 is 0. The van der Waals surface area contributed by atoms with E-state index in [9.17, 15) is 4.39 Å². The zero-order valence-corrected chi connectivity index (χ0v) is 8.80. The van der Waals surface area contributed by atoms with Crippen LogP contribution in [0.25, 0.3) is 0 Å². The summed E-state index contributed by atoms with van der Waals surface area (Å²) in [5.74, 6) is -0.144. The molecule has 0 fully saturated rings. The first-order valence-corrected chi connectivity index (χ1v) is 4.89. The molecule has 1 aliphatic heterocycles. The van der Waals surface area contributed by atoms with Crippen molar-refractivity contribution in [3.63, 3.8) is 0 Å². The summed E-state index contributed by atoms with van der Waals surface area (Å²) in [7, 11) is 0. The van der Waals surface area contributed by atoms with Crippen molar-refractivity contribution in [2.24, 2.45) is 5.41 Å². The first kappa shape index (κ1) is 9.66. The van der Waals surface area contributed by atoms with E-state index in [4.69, 9.17) is 4.74 Å². The zero-order valence-electron chi connectivity index (χ0n) is 8.80. The molecule has 0 spiro atoms. The maximum Gasteiger partial charge on any atom is 0.129 e. The standard InChI is InChI=1S/C12H15FO/c1-12(2,3)11-8-5-4-6-10(13)9(8)7-14-11/h4-6,11H,7H2,1-3H3. The molecule has 0 aliphatic carbocycles. The van der Waals surface area contributed by atoms with Crippen LogP contribution in [0.15, 0.2) is 18.2 Å². The van der Waals surface area contributed by atoms with E-state index in [-0.39, 0.29) is 17.3 Å². The largest absolute Gasteiger partial charge is 0.368 e. The van der Waals surface area contributed by atoms with Crippen LogP contribution >= 0.6 is 0 Å². The van der Waals surface area contributed by atoms with Crippen LogP contribution in [0.3, 0.4) is 0 Å². The van der Waals surface area contributed by atoms with Gasteiger partial charge >= 0.3 is 0 Å². The second-order valence-electron chi connectivity index (χ2n) is 4.86. The number of hydrogen-bond acceptors (Lipinski definition) is 1. The van der Waals surface area contributed by atoms with Crippen molar-refractivity contribution in [1.82, 2.24) is 0 Å². The molecule has 0 saturated heterocycles. The minimum absolute atomic E-state index is 0.0215. The summed E-state index contributed by atoms with van der Waals surface area (Å²) < 4.78 is 19.0. The molecule has 2 rings (SSSR count). The quantitative estimate of drug-likeness (QED) is 0.614. The van der Waals surface area contributed by atoms with E-state index in [1.165, 1.54) is 6.07 Å². The number of benzene rings is 1. The smallest absolute Gasteiger partial charge is 0.129 e. The van der Waals surface area contributed by atoms with Gasteiger partial charge in [-0.15, -0.1) is 0 Å². The normalized spacial score (nSPS) is 21.0. The van der Waals surface area contributed by atoms with Gasteiger partial charge in [-0.05, 0) is 17.0 Å². The average Bonchev–Trinajstić information content (AvgIpc) is 2.47. The van der Waals surface area contributed by atoms with E-state index in [2.05, 4.69) is 20.8 Å². The lowest BCUT2D eigenvalue weighted by Gasteiger charge is -2.26. The Kier molecular flexibility index (Phi) is 2.11. The summed E-state index contributed by atoms with van der Waals surface area (Å²) in [6.07, 6.45) is 0.0215. The second-order valence-corrected chi connectivity index (χ2v) is 4.86. The van der Waals surface area contributed by atoms with Crippen LogP contribution in [-0.4, -0.2) is 0 Å². The number of hydrogen-bond donors (Lipinski definition) is 0. The van der Waals surface area contributed by atoms with E-state index < -0.39 is 0 Å². The summed E-state index contributed by atoms with van der Waals surface area (Å²) in [4.78, 5) is 0. The van der Waals surface area contributed by atoms with Gasteiger partial charge in [0.15, 0.2) is 0 Å². The molecule has 14 heavy (non-hydrogen) atoms. The fraction of sp³-hybridized carbons (Fsp3) is 0.500. The van der Waals surface area contributed by atoms with Crippen LogP contribution in [0, 0.1) is 11.2 Å². The molecule has 0 radical (unpaired) electrons. The predicted molar refractivity (Wildman–Crippen MR) is 53.4 cm³/mol. The van der Waals surface area contributed by atoms with Crippen LogP contribution in [-0.2, 0) is 11.3 Å². The highest BCUT2D eigenvalue weighted by molar-refractivity contribution is 5.33. The highest BCUT2D eigenvalue weighted by Crippen LogP contribution is 2.43. The van der Waals surface area contributed by atoms with Crippen LogP contribution < -0.4 is 0 Å². The minimum Gasteiger partial charge on any atom is -0.368 e. The summed E-state index contributed by atoms with van der Waals surface area (Å²) in [6, 6.07) is 5.20. The predicted octanol–water partition coefficient (Wildman–Crippen LogP) is 3.44. The van der Waals surface area contributed by atoms with E-state index in [1.807, 2.05) is 6.07 Å². The Balaban J connectivity index is 2.45. The zero-order chi connectivity index (χ0) is 10.3. The maximum atomic E-state index is 13.4. The molecule has 76 valence electrons. The Morgan fingerprint density at radius 2 is 2.07 bits per heavy atom. The lowest BCUT2D eigenvalue weighted by Crippen LogP contribution is -2.17. The maximum absolute atomic E-state index is 13.4. The number of fused-ring (bicyclic) bond motifs is 1. The van der Waals surface area contributed by atoms with Crippen molar-refractivity contribution in [2.75, 3.05) is 0 Å². The molecule has 1 aromatic carbocycles. The third kappa shape index (κ3) is 1.44. The first-order valence-electron chi connectivity index (χ1n) is 4.89. The van der Waals surface area contributed by atoms with Gasteiger partial charge in [-0.1, -0.05) is 32.9 Å². The van der Waals surface area contributed by atoms with Crippen LogP contribution in [0.4, 0.5) is 4.39 Å². The van der Waals surface area contributed by atoms with Gasteiger partial charge in [-0.3, -0.25) is 0 Å². The third-order valence-electron chi connectivity index (χ3n) is 2.62. The van der Waals surface area contributed by atoms with Crippen molar-refractivity contribution >= 4 is 0 Å². The van der Waals surface area contributed by atoms with Crippen LogP contribution in [0.1, 0.15) is 38.0 Å². The minimum atomic E-state index is -0.144. The van der Waals surface area contributed by atoms with Crippen molar-refractivity contribution in [2.45, 2.75) is 33.5 Å². The van der Waals surface area contributed by atoms with Crippen molar-refractivity contribution in [1.29, 1.82) is 0 Å². The van der Waals surface area contributed by atoms with Crippen molar-refractivity contribution in [3.05, 3.63) is 35.1 Å². The molecular formula is C12H15FO. The van der Waals surface area contributed by atoms with Crippen LogP contribution in [0.5, 0.6) is 0 Å². The fourth-order valence-corrected chi connectivity index (χ4v) is 1.95. The van der Waals surface area contributed by atoms with Gasteiger partial charge in [-0.25, -0.2) is 4.39 Å². The number of rotatable bonds is 0. The van der Waals surface area contributed by atoms with Gasteiger partial charge in [0, 0.05) is 5.56 Å². The molecule has 1 heterocycles. The van der Waals surface area contributed by atoms with Crippen molar-refractivity contribution in [3.8, 4) is 0 Å². The lowest BCUT2D eigenvalue weighted by atomic mass is 9.84. The summed E-state index contributed by atoms with van der Waals surface area (Å²) in [5.41, 5.74) is 1.77. The third-order valence-corrected chi connectivity index (χ3v) is 2.62. The van der Waals surface area contributed by atoms with E-state index in [0.29, 0.717) is 6.61 Å². The van der Waals surface area contributed by atoms with E-state index in [1.54, 1.807) is 6.07 Å². The molecule has 1 atom stereocenters. The molecule has 1 nitrogen and oxygen atoms in total. The monoisotopic (exact) mass is 194 g/mol. The summed E-state index contributed by atoms with van der Waals surface area (Å²) in [5, 5.41) is 0. The van der Waals surface area contributed by atoms with Gasteiger partial charge < -0.3 is 4.74 Å². The number of halogens is 1. The van der Waals surface area contributed by atoms with Gasteiger partial charge in [-0.2, -0.15) is 0 Å². The molecular weight excluding hydrogens is 179 g/mol. The Morgan fingerprint density at radius 1 is 1.36 bits per heavy atom. The highest BCUT2D eigenvalue weighted by atomic mass is 19.1. The number of ether oxygens (including phenoxy) is 1. The average molecular weight is 194 g/mol. The molecule has 0 aromatic heterocycles. The Hall–Kier alpha value is -0.890. The molecule has 2 heteroatoms. The Bertz CT molecular complexity index is 352. The first-order chi connectivity index (χ1) is 6.50. The highest BCUT2D eigenvalue weighted by Gasteiger charge is 2.34. The molecule has 1 unspecified atom stereocenters. The molecule has 0 saturated carbocycles. The molecule has 1 aromatic rings. The SMILES string of the molecule is CC(C)(C)C1OCc2c(F)cccc21. The Labute approximate surface area is 83.9 Å². The topological polar surface area (TPSA) is 9.23 Å². The van der Waals surface area contributed by atoms with Gasteiger partial charge in [0.2, 0.25) is 0 Å². The molecule has 1 aliphatic rings. The second kappa shape index (κ2) is 3.06. The lowest BCUT2D eigenvalue weighted by molar-refractivity contribution is -0.00824. The van der Waals surface area contributed by atoms with Crippen molar-refractivity contribution < 1.29 is 9.13 Å². The molecule has 0 amide bonds. The van der Waals surface area contributed by atoms with E-state index >= 15 is 0 Å². The van der Waals surface area contributed by atoms with E-state index in [0.717, 1.165) is 11.1 Å². The molecule has 0 bridgehead atoms. The molecule has 0 N–H and O–H groups in total. The Morgan fingerprint density at radius 3 is 2.71 bits per heavy atom. The van der Waals surface area contributed by atoms with Gasteiger partial charge in [0.25, 0.3) is 0 Å². The van der Waals surface area contributed by atoms with Crippen LogP contribution in [0.2, 0.25) is 0 Å².